The number of anilines is 4. The molecule has 1 atom stereocenters. The molecule has 5 amide bonds. The number of nitrogens with one attached hydrogen (secondary N) is 3. The van der Waals surface area contributed by atoms with Gasteiger partial charge in [-0.3, -0.25) is 48.6 Å². The number of benzene rings is 1. The second-order valence-corrected chi connectivity index (χ2v) is 16.0. The fourth-order valence-corrected chi connectivity index (χ4v) is 8.20. The first-order valence-corrected chi connectivity index (χ1v) is 19.5. The molecule has 9 rings (SSSR count). The molecule has 296 valence electrons. The Balaban J connectivity index is 0.765. The van der Waals surface area contributed by atoms with E-state index in [1.807, 2.05) is 27.9 Å². The highest BCUT2D eigenvalue weighted by Crippen LogP contribution is 2.39. The van der Waals surface area contributed by atoms with Gasteiger partial charge in [0.1, 0.15) is 17.2 Å². The van der Waals surface area contributed by atoms with E-state index in [9.17, 15) is 28.8 Å². The number of piperazine rings is 1. The van der Waals surface area contributed by atoms with Crippen LogP contribution in [0.25, 0.3) is 10.9 Å². The van der Waals surface area contributed by atoms with Crippen LogP contribution in [0.4, 0.5) is 23.1 Å². The van der Waals surface area contributed by atoms with Crippen LogP contribution < -0.4 is 26.4 Å². The second kappa shape index (κ2) is 14.1. The lowest BCUT2D eigenvalue weighted by Gasteiger charge is -2.38. The molecule has 5 aliphatic rings. The maximum Gasteiger partial charge on any atom is 0.263 e. The Labute approximate surface area is 327 Å². The van der Waals surface area contributed by atoms with Crippen LogP contribution in [0.15, 0.2) is 47.7 Å². The zero-order valence-corrected chi connectivity index (χ0v) is 31.9. The molecule has 3 saturated heterocycles. The SMILES string of the molecule is Cn1ccc2nc(Nc3cnn(C4CCN(C(=O)CN5CCN(c6ccc7c(c6)C(=O)N(C6CCC(=O)NC6=O)C7=O)CC5)CC4)c3)nc(NC3(C)CC3)c2c1=O. The molecule has 4 fully saturated rings. The van der Waals surface area contributed by atoms with Gasteiger partial charge in [-0.05, 0) is 63.3 Å². The highest BCUT2D eigenvalue weighted by atomic mass is 16.2. The quantitative estimate of drug-likeness (QED) is 0.208. The molecule has 3 N–H and O–H groups in total. The van der Waals surface area contributed by atoms with Crippen LogP contribution in [0.3, 0.4) is 0 Å². The lowest BCUT2D eigenvalue weighted by molar-refractivity contribution is -0.136. The van der Waals surface area contributed by atoms with Crippen molar-refractivity contribution in [3.63, 3.8) is 0 Å². The number of amides is 5. The summed E-state index contributed by atoms with van der Waals surface area (Å²) in [5, 5.41) is 14.0. The summed E-state index contributed by atoms with van der Waals surface area (Å²) in [5.41, 5.74) is 2.36. The molecule has 1 unspecified atom stereocenters. The van der Waals surface area contributed by atoms with Crippen LogP contribution in [0.2, 0.25) is 0 Å². The van der Waals surface area contributed by atoms with Gasteiger partial charge in [-0.15, -0.1) is 0 Å². The van der Waals surface area contributed by atoms with E-state index in [2.05, 4.69) is 42.8 Å². The van der Waals surface area contributed by atoms with Gasteiger partial charge < -0.3 is 25.0 Å². The van der Waals surface area contributed by atoms with Gasteiger partial charge in [-0.2, -0.15) is 10.1 Å². The van der Waals surface area contributed by atoms with E-state index in [1.54, 1.807) is 31.6 Å². The molecule has 0 spiro atoms. The minimum absolute atomic E-state index is 0.0694. The summed E-state index contributed by atoms with van der Waals surface area (Å²) >= 11 is 0. The molecular weight excluding hydrogens is 733 g/mol. The van der Waals surface area contributed by atoms with Crippen LogP contribution in [-0.2, 0) is 21.4 Å². The van der Waals surface area contributed by atoms with Crippen LogP contribution in [-0.4, -0.2) is 126 Å². The summed E-state index contributed by atoms with van der Waals surface area (Å²) in [6, 6.07) is 6.09. The number of carbonyl (C=O) groups is 5. The average Bonchev–Trinajstić information content (AvgIpc) is 3.64. The predicted molar refractivity (Wildman–Crippen MR) is 208 cm³/mol. The molecule has 1 aliphatic carbocycles. The normalized spacial score (nSPS) is 21.2. The third-order valence-electron chi connectivity index (χ3n) is 11.9. The lowest BCUT2D eigenvalue weighted by atomic mass is 10.0. The first-order chi connectivity index (χ1) is 27.4. The zero-order chi connectivity index (χ0) is 39.6. The molecule has 4 aliphatic heterocycles. The number of hydrogen-bond acceptors (Lipinski definition) is 13. The van der Waals surface area contributed by atoms with E-state index in [4.69, 9.17) is 4.98 Å². The van der Waals surface area contributed by atoms with Gasteiger partial charge >= 0.3 is 0 Å². The Bertz CT molecular complexity index is 2390. The summed E-state index contributed by atoms with van der Waals surface area (Å²) in [7, 11) is 1.71. The molecule has 57 heavy (non-hydrogen) atoms. The Morgan fingerprint density at radius 1 is 0.930 bits per heavy atom. The molecule has 18 nitrogen and oxygen atoms in total. The van der Waals surface area contributed by atoms with E-state index < -0.39 is 29.7 Å². The van der Waals surface area contributed by atoms with Crippen LogP contribution >= 0.6 is 0 Å². The summed E-state index contributed by atoms with van der Waals surface area (Å²) in [6.45, 7) is 6.29. The van der Waals surface area contributed by atoms with Gasteiger partial charge in [0, 0.05) is 76.4 Å². The van der Waals surface area contributed by atoms with Crippen LogP contribution in [0.1, 0.15) is 72.2 Å². The largest absolute Gasteiger partial charge is 0.369 e. The number of carbonyl (C=O) groups excluding carboxylic acids is 5. The number of imide groups is 2. The number of likely N-dealkylation sites (tertiary alicyclic amines) is 1. The van der Waals surface area contributed by atoms with Crippen molar-refractivity contribution in [2.75, 3.05) is 61.3 Å². The van der Waals surface area contributed by atoms with Crippen molar-refractivity contribution in [1.29, 1.82) is 0 Å². The van der Waals surface area contributed by atoms with Gasteiger partial charge in [0.25, 0.3) is 17.4 Å². The standard InChI is InChI=1S/C39H44N12O6/c1-39(10-11-39)45-33-32-28(9-12-46(2)37(32)57)42-38(44-33)41-23-20-40-50(21-23)24-7-13-49(14-8-24)31(53)22-47-15-17-48(18-16-47)25-3-4-26-27(19-25)36(56)51(35(26)55)29-5-6-30(52)43-34(29)54/h3-4,9,12,19-21,24,29H,5-8,10-11,13-18,22H2,1-2H3,(H,43,52,54)(H2,41,42,44,45). The van der Waals surface area contributed by atoms with Crippen molar-refractivity contribution in [1.82, 2.24) is 44.3 Å². The summed E-state index contributed by atoms with van der Waals surface area (Å²) in [4.78, 5) is 93.3. The van der Waals surface area contributed by atoms with Crippen molar-refractivity contribution in [3.8, 4) is 0 Å². The molecule has 0 radical (unpaired) electrons. The highest BCUT2D eigenvalue weighted by molar-refractivity contribution is 6.23. The number of rotatable bonds is 9. The zero-order valence-electron chi connectivity index (χ0n) is 31.9. The van der Waals surface area contributed by atoms with Crippen LogP contribution in [0.5, 0.6) is 0 Å². The molecule has 1 saturated carbocycles. The van der Waals surface area contributed by atoms with Crippen molar-refractivity contribution in [3.05, 3.63) is 64.3 Å². The van der Waals surface area contributed by atoms with E-state index in [0.717, 1.165) is 42.0 Å². The summed E-state index contributed by atoms with van der Waals surface area (Å²) < 4.78 is 3.46. The number of pyridine rings is 1. The Morgan fingerprint density at radius 3 is 2.42 bits per heavy atom. The van der Waals surface area contributed by atoms with E-state index in [1.165, 1.54) is 4.57 Å². The Morgan fingerprint density at radius 2 is 1.68 bits per heavy atom. The smallest absolute Gasteiger partial charge is 0.263 e. The topological polar surface area (TPSA) is 200 Å². The molecular formula is C39H44N12O6. The van der Waals surface area contributed by atoms with Crippen molar-refractivity contribution >= 4 is 63.6 Å². The van der Waals surface area contributed by atoms with E-state index in [-0.39, 0.29) is 47.0 Å². The number of aromatic nitrogens is 5. The number of piperidine rings is 2. The predicted octanol–water partition coefficient (Wildman–Crippen LogP) is 1.62. The highest BCUT2D eigenvalue weighted by Gasteiger charge is 2.45. The maximum atomic E-state index is 13.4. The van der Waals surface area contributed by atoms with Gasteiger partial charge in [-0.1, -0.05) is 0 Å². The first kappa shape index (κ1) is 36.5. The summed E-state index contributed by atoms with van der Waals surface area (Å²) in [6.07, 6.45) is 9.10. The fraction of sp³-hybridized carbons (Fsp3) is 0.462. The minimum Gasteiger partial charge on any atom is -0.369 e. The summed E-state index contributed by atoms with van der Waals surface area (Å²) in [5.74, 6) is -1.11. The third-order valence-corrected chi connectivity index (χ3v) is 11.9. The number of fused-ring (bicyclic) bond motifs is 2. The third kappa shape index (κ3) is 6.98. The lowest BCUT2D eigenvalue weighted by Crippen LogP contribution is -2.54. The Kier molecular flexibility index (Phi) is 9.01. The fourth-order valence-electron chi connectivity index (χ4n) is 8.20. The van der Waals surface area contributed by atoms with Crippen molar-refractivity contribution in [2.45, 2.75) is 63.1 Å². The molecule has 3 aromatic heterocycles. The first-order valence-electron chi connectivity index (χ1n) is 19.5. The van der Waals surface area contributed by atoms with E-state index in [0.29, 0.717) is 68.5 Å². The van der Waals surface area contributed by atoms with Gasteiger partial charge in [0.2, 0.25) is 23.7 Å². The minimum atomic E-state index is -1.00. The molecule has 7 heterocycles. The van der Waals surface area contributed by atoms with Gasteiger partial charge in [-0.25, -0.2) is 4.98 Å². The van der Waals surface area contributed by atoms with Gasteiger partial charge in [0.15, 0.2) is 0 Å². The van der Waals surface area contributed by atoms with Crippen LogP contribution in [0, 0.1) is 0 Å². The van der Waals surface area contributed by atoms with E-state index >= 15 is 0 Å². The molecule has 4 aromatic rings. The van der Waals surface area contributed by atoms with Crippen molar-refractivity contribution in [2.24, 2.45) is 7.05 Å². The monoisotopic (exact) mass is 776 g/mol. The number of aryl methyl sites for hydroxylation is 1. The average molecular weight is 777 g/mol. The van der Waals surface area contributed by atoms with Crippen molar-refractivity contribution < 1.29 is 24.0 Å². The van der Waals surface area contributed by atoms with Gasteiger partial charge in [0.05, 0.1) is 41.1 Å². The number of hydrogen-bond donors (Lipinski definition) is 3. The molecule has 18 heteroatoms. The molecule has 1 aromatic carbocycles. The molecule has 0 bridgehead atoms. The number of nitrogens with zero attached hydrogens (tertiary/aromatic N) is 9. The maximum absolute atomic E-state index is 13.4. The Hall–Kier alpha value is -6.17. The second-order valence-electron chi connectivity index (χ2n) is 16.0.